The van der Waals surface area contributed by atoms with Gasteiger partial charge in [-0.15, -0.1) is 0 Å². The first-order chi connectivity index (χ1) is 26.2. The van der Waals surface area contributed by atoms with Crippen LogP contribution in [-0.4, -0.2) is 68.3 Å². The summed E-state index contributed by atoms with van der Waals surface area (Å²) in [6.45, 7) is 23.3. The topological polar surface area (TPSA) is 93.5 Å². The number of carbonyl (C=O) groups excluding carboxylic acids is 1. The number of nitrogens with zero attached hydrogens (tertiary/aromatic N) is 2. The third-order valence-electron chi connectivity index (χ3n) is 10.4. The van der Waals surface area contributed by atoms with E-state index in [4.69, 9.17) is 4.74 Å². The summed E-state index contributed by atoms with van der Waals surface area (Å²) in [5.41, 5.74) is 5.87. The maximum Gasteiger partial charge on any atom is 0.313 e. The lowest BCUT2D eigenvalue weighted by Gasteiger charge is -2.32. The van der Waals surface area contributed by atoms with Crippen LogP contribution >= 0.6 is 0 Å². The third-order valence-corrected chi connectivity index (χ3v) is 10.4. The maximum absolute atomic E-state index is 12.3. The van der Waals surface area contributed by atoms with Crippen LogP contribution in [-0.2, 0) is 18.0 Å². The second-order valence-electron chi connectivity index (χ2n) is 16.0. The van der Waals surface area contributed by atoms with Gasteiger partial charge in [0.15, 0.2) is 0 Å². The molecule has 0 saturated heterocycles. The Labute approximate surface area is 332 Å². The van der Waals surface area contributed by atoms with Crippen LogP contribution in [0.25, 0.3) is 0 Å². The first-order valence-electron chi connectivity index (χ1n) is 20.2. The summed E-state index contributed by atoms with van der Waals surface area (Å²) in [5.74, 6) is 0.598. The lowest BCUT2D eigenvalue weighted by atomic mass is 9.86. The van der Waals surface area contributed by atoms with Crippen LogP contribution in [0.15, 0.2) is 97.1 Å². The molecule has 300 valence electrons. The molecule has 4 aromatic rings. The molecule has 0 fully saturated rings. The fourth-order valence-electron chi connectivity index (χ4n) is 7.43. The van der Waals surface area contributed by atoms with E-state index in [1.54, 1.807) is 12.1 Å². The summed E-state index contributed by atoms with van der Waals surface area (Å²) in [6.07, 6.45) is 1.81. The summed E-state index contributed by atoms with van der Waals surface area (Å²) < 4.78 is 5.78. The van der Waals surface area contributed by atoms with Crippen molar-refractivity contribution in [2.24, 2.45) is 5.92 Å². The van der Waals surface area contributed by atoms with Crippen molar-refractivity contribution in [2.45, 2.75) is 131 Å². The van der Waals surface area contributed by atoms with Gasteiger partial charge in [-0.2, -0.15) is 0 Å². The van der Waals surface area contributed by atoms with Crippen LogP contribution in [0.5, 0.6) is 11.5 Å². The van der Waals surface area contributed by atoms with Crippen molar-refractivity contribution in [3.05, 3.63) is 130 Å². The number of phenolic OH excluding ortho intramolecular Hbond substituents is 1. The van der Waals surface area contributed by atoms with Crippen molar-refractivity contribution < 1.29 is 24.9 Å². The highest BCUT2D eigenvalue weighted by molar-refractivity contribution is 5.75. The van der Waals surface area contributed by atoms with Crippen molar-refractivity contribution >= 4 is 5.97 Å². The molecule has 7 heteroatoms. The molecule has 55 heavy (non-hydrogen) atoms. The number of phenols is 1. The Morgan fingerprint density at radius 3 is 1.36 bits per heavy atom. The van der Waals surface area contributed by atoms with Gasteiger partial charge in [0.05, 0.1) is 19.1 Å². The van der Waals surface area contributed by atoms with E-state index in [0.29, 0.717) is 35.7 Å². The van der Waals surface area contributed by atoms with Gasteiger partial charge in [0.2, 0.25) is 0 Å². The Morgan fingerprint density at radius 2 is 0.964 bits per heavy atom. The Balaban J connectivity index is 0.000000300. The molecule has 3 N–H and O–H groups in total. The fraction of sp³-hybridized carbons (Fsp3) is 0.479. The number of carbonyl (C=O) groups is 1. The van der Waals surface area contributed by atoms with E-state index in [2.05, 4.69) is 89.5 Å². The molecule has 0 aliphatic carbocycles. The summed E-state index contributed by atoms with van der Waals surface area (Å²) in [5, 5.41) is 29.7. The number of ether oxygens (including phenoxy) is 1. The standard InChI is InChI=1S/C26H37NO3.C22H31NO2/c1-18(2)26(29)30-25-13-12-21(17-28)16-24(25)23(22-10-8-7-9-11-22)14-15-27(19(3)4)20(5)6;1-16(2)23(17(3)4)13-12-20(19-8-6-5-7-9-19)21-14-18(15-24)10-11-22(21)25/h7-13,16,18-20,23,28H,14-15,17H2,1-6H3;5-11,14,16-17,20,24-25H,12-13,15H2,1-4H3/t23-;20-/m11/s1. The van der Waals surface area contributed by atoms with Gasteiger partial charge >= 0.3 is 5.97 Å². The summed E-state index contributed by atoms with van der Waals surface area (Å²) in [4.78, 5) is 17.3. The van der Waals surface area contributed by atoms with Crippen molar-refractivity contribution in [1.29, 1.82) is 0 Å². The van der Waals surface area contributed by atoms with Crippen LogP contribution in [0, 0.1) is 5.92 Å². The number of aromatic hydroxyl groups is 1. The first kappa shape index (κ1) is 45.4. The monoisotopic (exact) mass is 753 g/mol. The molecule has 0 aliphatic rings. The second-order valence-corrected chi connectivity index (χ2v) is 16.0. The van der Waals surface area contributed by atoms with Crippen molar-refractivity contribution in [3.63, 3.8) is 0 Å². The zero-order chi connectivity index (χ0) is 40.7. The minimum atomic E-state index is -0.245. The Hall–Kier alpha value is -4.01. The highest BCUT2D eigenvalue weighted by atomic mass is 16.5. The molecule has 0 aliphatic heterocycles. The van der Waals surface area contributed by atoms with Crippen LogP contribution in [0.4, 0.5) is 0 Å². The maximum atomic E-state index is 12.3. The van der Waals surface area contributed by atoms with Crippen LogP contribution in [0.2, 0.25) is 0 Å². The Bertz CT molecular complexity index is 1690. The quantitative estimate of drug-likeness (QED) is 0.0689. The van der Waals surface area contributed by atoms with Crippen molar-refractivity contribution in [1.82, 2.24) is 9.80 Å². The number of aliphatic hydroxyl groups excluding tert-OH is 2. The van der Waals surface area contributed by atoms with Gasteiger partial charge < -0.3 is 20.1 Å². The molecular weight excluding hydrogens is 685 g/mol. The average Bonchev–Trinajstić information content (AvgIpc) is 3.16. The summed E-state index contributed by atoms with van der Waals surface area (Å²) >= 11 is 0. The van der Waals surface area contributed by atoms with E-state index in [-0.39, 0.29) is 36.9 Å². The zero-order valence-corrected chi connectivity index (χ0v) is 35.1. The zero-order valence-electron chi connectivity index (χ0n) is 35.1. The summed E-state index contributed by atoms with van der Waals surface area (Å²) in [6, 6.07) is 33.5. The van der Waals surface area contributed by atoms with Gasteiger partial charge in [0.25, 0.3) is 0 Å². The molecule has 0 aromatic heterocycles. The van der Waals surface area contributed by atoms with Gasteiger partial charge in [-0.3, -0.25) is 14.6 Å². The van der Waals surface area contributed by atoms with E-state index in [9.17, 15) is 20.1 Å². The third kappa shape index (κ3) is 13.6. The van der Waals surface area contributed by atoms with Crippen molar-refractivity contribution in [2.75, 3.05) is 13.1 Å². The number of rotatable bonds is 18. The minimum Gasteiger partial charge on any atom is -0.508 e. The van der Waals surface area contributed by atoms with E-state index in [1.807, 2.05) is 74.5 Å². The molecule has 0 saturated carbocycles. The molecule has 4 rings (SSSR count). The normalized spacial score (nSPS) is 12.9. The molecule has 7 nitrogen and oxygen atoms in total. The molecule has 2 atom stereocenters. The van der Waals surface area contributed by atoms with E-state index in [1.165, 1.54) is 11.1 Å². The molecular formula is C48H68N2O5. The number of hydrogen-bond donors (Lipinski definition) is 3. The predicted octanol–water partition coefficient (Wildman–Crippen LogP) is 9.91. The smallest absolute Gasteiger partial charge is 0.313 e. The van der Waals surface area contributed by atoms with Gasteiger partial charge in [-0.25, -0.2) is 0 Å². The van der Waals surface area contributed by atoms with E-state index >= 15 is 0 Å². The number of benzene rings is 4. The lowest BCUT2D eigenvalue weighted by Crippen LogP contribution is -2.38. The Morgan fingerprint density at radius 1 is 0.564 bits per heavy atom. The fourth-order valence-corrected chi connectivity index (χ4v) is 7.43. The predicted molar refractivity (Wildman–Crippen MR) is 227 cm³/mol. The molecule has 4 aromatic carbocycles. The SMILES string of the molecule is CC(C)C(=O)Oc1ccc(CO)cc1[C@H](CCN(C(C)C)C(C)C)c1ccccc1.CC(C)N(CC[C@H](c1ccccc1)c1cc(CO)ccc1O)C(C)C. The highest BCUT2D eigenvalue weighted by Gasteiger charge is 2.25. The van der Waals surface area contributed by atoms with Gasteiger partial charge in [0.1, 0.15) is 11.5 Å². The van der Waals surface area contributed by atoms with E-state index < -0.39 is 0 Å². The Kier molecular flexibility index (Phi) is 18.6. The van der Waals surface area contributed by atoms with Gasteiger partial charge in [0, 0.05) is 47.1 Å². The lowest BCUT2D eigenvalue weighted by molar-refractivity contribution is -0.137. The van der Waals surface area contributed by atoms with Gasteiger partial charge in [-0.05, 0) is 128 Å². The number of aliphatic hydroxyl groups is 2. The first-order valence-corrected chi connectivity index (χ1v) is 20.2. The molecule has 0 amide bonds. The largest absolute Gasteiger partial charge is 0.508 e. The molecule has 0 unspecified atom stereocenters. The van der Waals surface area contributed by atoms with Gasteiger partial charge in [-0.1, -0.05) is 86.6 Å². The molecule has 0 radical (unpaired) electrons. The summed E-state index contributed by atoms with van der Waals surface area (Å²) in [7, 11) is 0. The molecule has 0 spiro atoms. The minimum absolute atomic E-state index is 0.0150. The molecule has 0 bridgehead atoms. The second kappa shape index (κ2) is 22.5. The number of esters is 1. The number of hydrogen-bond acceptors (Lipinski definition) is 7. The van der Waals surface area contributed by atoms with Crippen LogP contribution in [0.1, 0.15) is 127 Å². The van der Waals surface area contributed by atoms with Crippen LogP contribution < -0.4 is 4.74 Å². The van der Waals surface area contributed by atoms with E-state index in [0.717, 1.165) is 48.2 Å². The van der Waals surface area contributed by atoms with Crippen molar-refractivity contribution in [3.8, 4) is 11.5 Å². The van der Waals surface area contributed by atoms with Crippen LogP contribution in [0.3, 0.4) is 0 Å². The highest BCUT2D eigenvalue weighted by Crippen LogP contribution is 2.37. The average molecular weight is 753 g/mol. The molecule has 0 heterocycles.